The molecular weight excluding hydrogens is 420 g/mol. The minimum atomic E-state index is -0.229. The Morgan fingerprint density at radius 1 is 1.12 bits per heavy atom. The molecule has 1 saturated carbocycles. The van der Waals surface area contributed by atoms with Gasteiger partial charge in [0.1, 0.15) is 5.75 Å². The lowest BCUT2D eigenvalue weighted by atomic mass is 9.75. The fourth-order valence-corrected chi connectivity index (χ4v) is 5.80. The highest BCUT2D eigenvalue weighted by Crippen LogP contribution is 2.55. The van der Waals surface area contributed by atoms with E-state index in [9.17, 15) is 9.59 Å². The lowest BCUT2D eigenvalue weighted by molar-refractivity contribution is 0.101. The Labute approximate surface area is 194 Å². The van der Waals surface area contributed by atoms with Crippen LogP contribution in [0.25, 0.3) is 11.3 Å². The maximum atomic E-state index is 12.8. The van der Waals surface area contributed by atoms with Crippen molar-refractivity contribution in [3.05, 3.63) is 51.3 Å². The summed E-state index contributed by atoms with van der Waals surface area (Å²) in [7, 11) is 3.36. The summed E-state index contributed by atoms with van der Waals surface area (Å²) in [6.45, 7) is 3.10. The maximum Gasteiger partial charge on any atom is 0.193 e. The second-order valence-corrected chi connectivity index (χ2v) is 9.49. The highest BCUT2D eigenvalue weighted by Gasteiger charge is 2.53. The number of ether oxygens (including phenoxy) is 3. The lowest BCUT2D eigenvalue weighted by Gasteiger charge is -2.52. The van der Waals surface area contributed by atoms with Crippen LogP contribution in [0.15, 0.2) is 29.2 Å². The molecule has 0 amide bonds. The molecule has 1 aromatic carbocycles. The molecule has 7 nitrogen and oxygen atoms in total. The third-order valence-electron chi connectivity index (χ3n) is 7.51. The average molecular weight is 453 g/mol. The first-order chi connectivity index (χ1) is 16.0. The lowest BCUT2D eigenvalue weighted by Crippen LogP contribution is -2.57. The van der Waals surface area contributed by atoms with E-state index >= 15 is 0 Å². The van der Waals surface area contributed by atoms with Crippen molar-refractivity contribution < 1.29 is 19.0 Å². The Kier molecular flexibility index (Phi) is 5.79. The number of carbonyl (C=O) groups is 1. The van der Waals surface area contributed by atoms with Gasteiger partial charge in [0.15, 0.2) is 11.2 Å². The molecular formula is C26H32N2O5. The van der Waals surface area contributed by atoms with Crippen molar-refractivity contribution in [2.24, 2.45) is 0 Å². The molecule has 2 fully saturated rings. The van der Waals surface area contributed by atoms with Gasteiger partial charge in [-0.1, -0.05) is 0 Å². The Hall–Kier alpha value is -2.64. The minimum absolute atomic E-state index is 0.102. The Balaban J connectivity index is 1.66. The molecule has 1 spiro atoms. The third kappa shape index (κ3) is 3.58. The summed E-state index contributed by atoms with van der Waals surface area (Å²) in [5.41, 5.74) is 4.13. The Bertz CT molecular complexity index is 1130. The predicted octanol–water partition coefficient (Wildman–Crippen LogP) is 3.99. The fraction of sp³-hybridized carbons (Fsp3) is 0.538. The molecule has 2 aromatic rings. The van der Waals surface area contributed by atoms with Crippen LogP contribution >= 0.6 is 0 Å². The summed E-state index contributed by atoms with van der Waals surface area (Å²) >= 11 is 0. The normalized spacial score (nSPS) is 19.6. The quantitative estimate of drug-likeness (QED) is 0.446. The van der Waals surface area contributed by atoms with Gasteiger partial charge in [-0.2, -0.15) is 0 Å². The van der Waals surface area contributed by atoms with Gasteiger partial charge < -0.3 is 14.2 Å². The predicted molar refractivity (Wildman–Crippen MR) is 126 cm³/mol. The number of hydrogen-bond donors (Lipinski definition) is 0. The van der Waals surface area contributed by atoms with Crippen LogP contribution in [-0.4, -0.2) is 43.4 Å². The first-order valence-electron chi connectivity index (χ1n) is 11.8. The SMILES string of the molecule is COCCCOc1cc2c(cc1COC)-c1cc(=O)c(C(C)=O)cn1N1[C@@H]2CCC12CCC2. The number of nitrogens with zero attached hydrogens (tertiary/aromatic N) is 2. The number of ketones is 1. The number of rotatable bonds is 8. The van der Waals surface area contributed by atoms with Gasteiger partial charge in [0.05, 0.1) is 36.1 Å². The molecule has 5 rings (SSSR count). The minimum Gasteiger partial charge on any atom is -0.493 e. The summed E-state index contributed by atoms with van der Waals surface area (Å²) in [4.78, 5) is 25.0. The van der Waals surface area contributed by atoms with Crippen LogP contribution in [0.4, 0.5) is 0 Å². The van der Waals surface area contributed by atoms with Crippen molar-refractivity contribution in [1.29, 1.82) is 0 Å². The van der Waals surface area contributed by atoms with Crippen molar-refractivity contribution in [3.8, 4) is 17.0 Å². The molecule has 1 atom stereocenters. The molecule has 0 bridgehead atoms. The molecule has 7 heteroatoms. The van der Waals surface area contributed by atoms with Gasteiger partial charge in [0.2, 0.25) is 0 Å². The zero-order valence-corrected chi connectivity index (χ0v) is 19.7. The standard InChI is InChI=1S/C26H32N2O5/c1-17(29)21-15-27-23(14-24(21)30)19-12-18(16-32-3)25(33-11-5-10-31-2)13-20(19)22-6-9-26(28(22)27)7-4-8-26/h12-15,22H,4-11,16H2,1-3H3/t22-/m1/s1. The number of hydrogen-bond acceptors (Lipinski definition) is 6. The van der Waals surface area contributed by atoms with E-state index in [2.05, 4.69) is 21.8 Å². The maximum absolute atomic E-state index is 12.8. The number of methoxy groups -OCH3 is 2. The molecule has 0 unspecified atom stereocenters. The van der Waals surface area contributed by atoms with Crippen molar-refractivity contribution in [2.75, 3.05) is 32.4 Å². The molecule has 176 valence electrons. The van der Waals surface area contributed by atoms with Crippen LogP contribution in [0.1, 0.15) is 73.0 Å². The fourth-order valence-electron chi connectivity index (χ4n) is 5.80. The molecule has 2 aliphatic heterocycles. The molecule has 0 N–H and O–H groups in total. The van der Waals surface area contributed by atoms with Gasteiger partial charge in [0, 0.05) is 50.6 Å². The number of benzene rings is 1. The van der Waals surface area contributed by atoms with Gasteiger partial charge in [-0.05, 0) is 56.7 Å². The van der Waals surface area contributed by atoms with E-state index in [1.807, 2.05) is 0 Å². The van der Waals surface area contributed by atoms with E-state index in [0.717, 1.165) is 54.7 Å². The highest BCUT2D eigenvalue weighted by atomic mass is 16.5. The smallest absolute Gasteiger partial charge is 0.193 e. The van der Waals surface area contributed by atoms with Gasteiger partial charge in [-0.25, -0.2) is 0 Å². The zero-order chi connectivity index (χ0) is 23.2. The molecule has 33 heavy (non-hydrogen) atoms. The number of pyridine rings is 1. The van der Waals surface area contributed by atoms with Gasteiger partial charge in [-0.15, -0.1) is 0 Å². The number of fused-ring (bicyclic) bond motifs is 7. The molecule has 1 aliphatic carbocycles. The molecule has 1 saturated heterocycles. The van der Waals surface area contributed by atoms with Crippen LogP contribution in [0.2, 0.25) is 0 Å². The van der Waals surface area contributed by atoms with E-state index in [-0.39, 0.29) is 28.4 Å². The monoisotopic (exact) mass is 452 g/mol. The molecule has 0 radical (unpaired) electrons. The molecule has 1 aromatic heterocycles. The van der Waals surface area contributed by atoms with E-state index in [4.69, 9.17) is 14.2 Å². The second kappa shape index (κ2) is 8.61. The summed E-state index contributed by atoms with van der Waals surface area (Å²) in [6, 6.07) is 6.07. The van der Waals surface area contributed by atoms with Gasteiger partial charge >= 0.3 is 0 Å². The second-order valence-electron chi connectivity index (χ2n) is 9.49. The van der Waals surface area contributed by atoms with E-state index in [1.165, 1.54) is 18.9 Å². The average Bonchev–Trinajstić information content (AvgIpc) is 3.18. The van der Waals surface area contributed by atoms with Gasteiger partial charge in [-0.3, -0.25) is 19.3 Å². The van der Waals surface area contributed by atoms with Crippen LogP contribution in [-0.2, 0) is 16.1 Å². The van der Waals surface area contributed by atoms with Crippen LogP contribution in [0.5, 0.6) is 5.75 Å². The molecule has 3 aliphatic rings. The number of aromatic nitrogens is 1. The number of Topliss-reactive ketones (excluding diaryl/α,β-unsaturated/α-hetero) is 1. The van der Waals surface area contributed by atoms with Crippen LogP contribution in [0.3, 0.4) is 0 Å². The van der Waals surface area contributed by atoms with E-state index in [1.54, 1.807) is 26.5 Å². The van der Waals surface area contributed by atoms with Crippen molar-refractivity contribution in [1.82, 2.24) is 4.68 Å². The topological polar surface area (TPSA) is 70.0 Å². The third-order valence-corrected chi connectivity index (χ3v) is 7.51. The Morgan fingerprint density at radius 3 is 2.61 bits per heavy atom. The van der Waals surface area contributed by atoms with E-state index in [0.29, 0.717) is 19.8 Å². The van der Waals surface area contributed by atoms with Crippen LogP contribution < -0.4 is 15.2 Å². The Morgan fingerprint density at radius 2 is 1.94 bits per heavy atom. The highest BCUT2D eigenvalue weighted by molar-refractivity contribution is 5.94. The van der Waals surface area contributed by atoms with Gasteiger partial charge in [0.25, 0.3) is 0 Å². The first-order valence-corrected chi connectivity index (χ1v) is 11.8. The zero-order valence-electron chi connectivity index (χ0n) is 19.7. The van der Waals surface area contributed by atoms with Crippen molar-refractivity contribution in [3.63, 3.8) is 0 Å². The summed E-state index contributed by atoms with van der Waals surface area (Å²) in [5.74, 6) is 0.636. The first kappa shape index (κ1) is 22.2. The largest absolute Gasteiger partial charge is 0.493 e. The van der Waals surface area contributed by atoms with E-state index < -0.39 is 0 Å². The summed E-state index contributed by atoms with van der Waals surface area (Å²) in [5, 5.41) is 2.45. The summed E-state index contributed by atoms with van der Waals surface area (Å²) in [6.07, 6.45) is 8.23. The van der Waals surface area contributed by atoms with Crippen LogP contribution in [0, 0.1) is 0 Å². The molecule has 3 heterocycles. The van der Waals surface area contributed by atoms with Crippen molar-refractivity contribution >= 4 is 5.78 Å². The number of carbonyl (C=O) groups excluding carboxylic acids is 1. The summed E-state index contributed by atoms with van der Waals surface area (Å²) < 4.78 is 18.9. The van der Waals surface area contributed by atoms with Crippen molar-refractivity contribution in [2.45, 2.75) is 63.6 Å².